The van der Waals surface area contributed by atoms with Gasteiger partial charge in [-0.15, -0.1) is 12.3 Å². The normalized spacial score (nSPS) is 9.21. The van der Waals surface area contributed by atoms with Crippen molar-refractivity contribution in [2.45, 2.75) is 13.3 Å². The molecule has 2 nitrogen and oxygen atoms in total. The molecule has 0 aromatic heterocycles. The van der Waals surface area contributed by atoms with Crippen molar-refractivity contribution in [3.63, 3.8) is 0 Å². The highest BCUT2D eigenvalue weighted by Crippen LogP contribution is 2.27. The molecule has 0 heterocycles. The predicted octanol–water partition coefficient (Wildman–Crippen LogP) is 2.27. The van der Waals surface area contributed by atoms with Crippen LogP contribution < -0.4 is 9.47 Å². The molecule has 0 aliphatic heterocycles. The summed E-state index contributed by atoms with van der Waals surface area (Å²) >= 11 is 0. The van der Waals surface area contributed by atoms with Crippen LogP contribution in [0.1, 0.15) is 12.5 Å². The zero-order chi connectivity index (χ0) is 10.4. The Kier molecular flexibility index (Phi) is 3.87. The number of benzene rings is 1. The van der Waals surface area contributed by atoms with Gasteiger partial charge >= 0.3 is 0 Å². The first kappa shape index (κ1) is 10.5. The van der Waals surface area contributed by atoms with Crippen LogP contribution in [-0.2, 0) is 6.42 Å². The van der Waals surface area contributed by atoms with E-state index in [1.165, 1.54) is 0 Å². The average molecular weight is 190 g/mol. The summed E-state index contributed by atoms with van der Waals surface area (Å²) in [6.07, 6.45) is 5.85. The first-order valence-electron chi connectivity index (χ1n) is 4.55. The molecule has 0 spiro atoms. The smallest absolute Gasteiger partial charge is 0.161 e. The Labute approximate surface area is 84.8 Å². The van der Waals surface area contributed by atoms with Crippen LogP contribution in [-0.4, -0.2) is 13.7 Å². The standard InChI is InChI=1S/C12H14O2/c1-4-6-10-7-8-11(13-3)12(9-10)14-5-2/h1,7-9H,5-6H2,2-3H3. The molecule has 1 rings (SSSR count). The van der Waals surface area contributed by atoms with Gasteiger partial charge in [0.25, 0.3) is 0 Å². The zero-order valence-electron chi connectivity index (χ0n) is 8.54. The topological polar surface area (TPSA) is 18.5 Å². The third kappa shape index (κ3) is 2.43. The SMILES string of the molecule is C#CCc1ccc(OC)c(OCC)c1. The van der Waals surface area contributed by atoms with Gasteiger partial charge in [0.1, 0.15) is 0 Å². The van der Waals surface area contributed by atoms with E-state index >= 15 is 0 Å². The quantitative estimate of drug-likeness (QED) is 0.678. The van der Waals surface area contributed by atoms with Gasteiger partial charge in [-0.3, -0.25) is 0 Å². The lowest BCUT2D eigenvalue weighted by atomic mass is 10.1. The van der Waals surface area contributed by atoms with Crippen LogP contribution >= 0.6 is 0 Å². The Morgan fingerprint density at radius 3 is 2.71 bits per heavy atom. The number of ether oxygens (including phenoxy) is 2. The molecule has 0 bridgehead atoms. The van der Waals surface area contributed by atoms with Gasteiger partial charge in [0.15, 0.2) is 11.5 Å². The molecule has 0 saturated carbocycles. The largest absolute Gasteiger partial charge is 0.493 e. The molecule has 1 aromatic carbocycles. The van der Waals surface area contributed by atoms with Crippen molar-refractivity contribution in [2.75, 3.05) is 13.7 Å². The molecular weight excluding hydrogens is 176 g/mol. The lowest BCUT2D eigenvalue weighted by Gasteiger charge is -2.09. The van der Waals surface area contributed by atoms with Crippen molar-refractivity contribution < 1.29 is 9.47 Å². The first-order valence-corrected chi connectivity index (χ1v) is 4.55. The van der Waals surface area contributed by atoms with Crippen molar-refractivity contribution in [1.82, 2.24) is 0 Å². The maximum absolute atomic E-state index is 5.42. The van der Waals surface area contributed by atoms with Crippen LogP contribution in [0.3, 0.4) is 0 Å². The molecule has 0 radical (unpaired) electrons. The van der Waals surface area contributed by atoms with E-state index in [0.717, 1.165) is 17.1 Å². The van der Waals surface area contributed by atoms with Gasteiger partial charge in [0, 0.05) is 6.42 Å². The van der Waals surface area contributed by atoms with Crippen LogP contribution in [0.5, 0.6) is 11.5 Å². The van der Waals surface area contributed by atoms with Crippen LogP contribution in [0, 0.1) is 12.3 Å². The maximum Gasteiger partial charge on any atom is 0.161 e. The molecule has 0 aliphatic rings. The Balaban J connectivity index is 2.96. The molecule has 14 heavy (non-hydrogen) atoms. The first-order chi connectivity index (χ1) is 6.81. The predicted molar refractivity (Wildman–Crippen MR) is 56.7 cm³/mol. The van der Waals surface area contributed by atoms with Gasteiger partial charge in [-0.1, -0.05) is 6.07 Å². The van der Waals surface area contributed by atoms with Crippen molar-refractivity contribution in [2.24, 2.45) is 0 Å². The van der Waals surface area contributed by atoms with Crippen LogP contribution in [0.15, 0.2) is 18.2 Å². The Morgan fingerprint density at radius 2 is 2.14 bits per heavy atom. The fourth-order valence-electron chi connectivity index (χ4n) is 1.22. The highest BCUT2D eigenvalue weighted by molar-refractivity contribution is 5.43. The van der Waals surface area contributed by atoms with Crippen molar-refractivity contribution >= 4 is 0 Å². The average Bonchev–Trinajstić information content (AvgIpc) is 2.19. The van der Waals surface area contributed by atoms with Crippen LogP contribution in [0.2, 0.25) is 0 Å². The highest BCUT2D eigenvalue weighted by atomic mass is 16.5. The minimum absolute atomic E-state index is 0.615. The minimum Gasteiger partial charge on any atom is -0.493 e. The van der Waals surface area contributed by atoms with Gasteiger partial charge in [0.2, 0.25) is 0 Å². The number of hydrogen-bond donors (Lipinski definition) is 0. The summed E-state index contributed by atoms with van der Waals surface area (Å²) in [6, 6.07) is 5.74. The third-order valence-corrected chi connectivity index (χ3v) is 1.83. The summed E-state index contributed by atoms with van der Waals surface area (Å²) in [4.78, 5) is 0. The van der Waals surface area contributed by atoms with Crippen molar-refractivity contribution in [3.8, 4) is 23.8 Å². The van der Waals surface area contributed by atoms with E-state index in [1.807, 2.05) is 25.1 Å². The Hall–Kier alpha value is -1.62. The lowest BCUT2D eigenvalue weighted by molar-refractivity contribution is 0.310. The Bertz CT molecular complexity index is 337. The van der Waals surface area contributed by atoms with Gasteiger partial charge in [-0.05, 0) is 24.6 Å². The van der Waals surface area contributed by atoms with E-state index < -0.39 is 0 Å². The summed E-state index contributed by atoms with van der Waals surface area (Å²) in [7, 11) is 1.62. The van der Waals surface area contributed by atoms with Gasteiger partial charge in [-0.25, -0.2) is 0 Å². The van der Waals surface area contributed by atoms with E-state index in [4.69, 9.17) is 15.9 Å². The molecule has 0 fully saturated rings. The van der Waals surface area contributed by atoms with Crippen molar-refractivity contribution in [1.29, 1.82) is 0 Å². The monoisotopic (exact) mass is 190 g/mol. The molecular formula is C12H14O2. The van der Waals surface area contributed by atoms with E-state index in [9.17, 15) is 0 Å². The number of methoxy groups -OCH3 is 1. The maximum atomic E-state index is 5.42. The third-order valence-electron chi connectivity index (χ3n) is 1.83. The molecule has 1 aromatic rings. The van der Waals surface area contributed by atoms with Gasteiger partial charge in [-0.2, -0.15) is 0 Å². The molecule has 0 aliphatic carbocycles. The van der Waals surface area contributed by atoms with E-state index in [1.54, 1.807) is 7.11 Å². The molecule has 0 atom stereocenters. The van der Waals surface area contributed by atoms with E-state index in [0.29, 0.717) is 13.0 Å². The lowest BCUT2D eigenvalue weighted by Crippen LogP contribution is -1.96. The summed E-state index contributed by atoms with van der Waals surface area (Å²) in [5.41, 5.74) is 1.07. The molecule has 74 valence electrons. The zero-order valence-corrected chi connectivity index (χ0v) is 8.54. The summed E-state index contributed by atoms with van der Waals surface area (Å²) in [6.45, 7) is 2.56. The Morgan fingerprint density at radius 1 is 1.36 bits per heavy atom. The number of rotatable bonds is 4. The molecule has 0 amide bonds. The second-order valence-corrected chi connectivity index (χ2v) is 2.80. The highest BCUT2D eigenvalue weighted by Gasteiger charge is 2.03. The number of terminal acetylenes is 1. The second kappa shape index (κ2) is 5.18. The van der Waals surface area contributed by atoms with E-state index in [2.05, 4.69) is 5.92 Å². The van der Waals surface area contributed by atoms with Gasteiger partial charge < -0.3 is 9.47 Å². The van der Waals surface area contributed by atoms with Crippen LogP contribution in [0.25, 0.3) is 0 Å². The molecule has 0 N–H and O–H groups in total. The van der Waals surface area contributed by atoms with Gasteiger partial charge in [0.05, 0.1) is 13.7 Å². The number of hydrogen-bond acceptors (Lipinski definition) is 2. The molecule has 0 saturated heterocycles. The summed E-state index contributed by atoms with van der Waals surface area (Å²) in [5, 5.41) is 0. The van der Waals surface area contributed by atoms with E-state index in [-0.39, 0.29) is 0 Å². The second-order valence-electron chi connectivity index (χ2n) is 2.80. The fraction of sp³-hybridized carbons (Fsp3) is 0.333. The van der Waals surface area contributed by atoms with Crippen molar-refractivity contribution in [3.05, 3.63) is 23.8 Å². The van der Waals surface area contributed by atoms with Crippen LogP contribution in [0.4, 0.5) is 0 Å². The summed E-state index contributed by atoms with van der Waals surface area (Å²) in [5.74, 6) is 4.09. The summed E-state index contributed by atoms with van der Waals surface area (Å²) < 4.78 is 10.6. The molecule has 2 heteroatoms. The fourth-order valence-corrected chi connectivity index (χ4v) is 1.22. The minimum atomic E-state index is 0.615. The molecule has 0 unspecified atom stereocenters.